The summed E-state index contributed by atoms with van der Waals surface area (Å²) in [5.74, 6) is -0.192. The Balaban J connectivity index is 0.00000243. The second-order valence-corrected chi connectivity index (χ2v) is 6.66. The number of rotatable bonds is 5. The van der Waals surface area contributed by atoms with Crippen molar-refractivity contribution in [1.82, 2.24) is 9.80 Å². The van der Waals surface area contributed by atoms with Crippen LogP contribution in [0.25, 0.3) is 0 Å². The zero-order valence-electron chi connectivity index (χ0n) is 15.9. The van der Waals surface area contributed by atoms with E-state index in [9.17, 15) is 4.79 Å². The molecule has 1 amide bonds. The molecule has 156 valence electrons. The van der Waals surface area contributed by atoms with E-state index >= 15 is 0 Å². The predicted octanol–water partition coefficient (Wildman–Crippen LogP) is 3.34. The van der Waals surface area contributed by atoms with E-state index in [1.54, 1.807) is 0 Å². The number of hydrogen-bond acceptors (Lipinski definition) is 4. The van der Waals surface area contributed by atoms with Crippen molar-refractivity contribution in [2.45, 2.75) is 12.6 Å². The zero-order chi connectivity index (χ0) is 17.6. The highest BCUT2D eigenvalue weighted by atomic mass is 35.5. The van der Waals surface area contributed by atoms with Crippen molar-refractivity contribution >= 4 is 48.8 Å². The molecule has 1 saturated heterocycles. The first kappa shape index (κ1) is 26.7. The lowest BCUT2D eigenvalue weighted by Crippen LogP contribution is -2.43. The van der Waals surface area contributed by atoms with Crippen molar-refractivity contribution in [3.8, 4) is 0 Å². The van der Waals surface area contributed by atoms with Crippen molar-refractivity contribution in [1.29, 1.82) is 0 Å². The van der Waals surface area contributed by atoms with Crippen molar-refractivity contribution in [2.75, 3.05) is 38.5 Å². The van der Waals surface area contributed by atoms with Gasteiger partial charge >= 0.3 is 0 Å². The molecule has 1 atom stereocenters. The topological polar surface area (TPSA) is 61.6 Å². The minimum Gasteiger partial charge on any atom is -0.324 e. The van der Waals surface area contributed by atoms with Gasteiger partial charge in [-0.05, 0) is 30.3 Å². The van der Waals surface area contributed by atoms with E-state index in [1.807, 2.05) is 48.5 Å². The highest BCUT2D eigenvalue weighted by Gasteiger charge is 2.16. The van der Waals surface area contributed by atoms with Gasteiger partial charge in [0.15, 0.2) is 0 Å². The van der Waals surface area contributed by atoms with Gasteiger partial charge in [-0.15, -0.1) is 37.2 Å². The molecule has 5 nitrogen and oxygen atoms in total. The average molecular weight is 448 g/mol. The molecule has 28 heavy (non-hydrogen) atoms. The van der Waals surface area contributed by atoms with Gasteiger partial charge < -0.3 is 16.0 Å². The molecule has 1 fully saturated rings. The van der Waals surface area contributed by atoms with Gasteiger partial charge in [0.05, 0.1) is 0 Å². The number of anilines is 1. The largest absolute Gasteiger partial charge is 0.324 e. The molecule has 0 aliphatic carbocycles. The SMILES string of the molecule is CN1CCN(Cc2cccc(NC(=O)C(N)c3ccccc3)c2)CC1.Cl.Cl.Cl. The molecule has 1 unspecified atom stereocenters. The van der Waals surface area contributed by atoms with Gasteiger partial charge in [0, 0.05) is 38.4 Å². The number of carbonyl (C=O) groups is 1. The van der Waals surface area contributed by atoms with Crippen molar-refractivity contribution < 1.29 is 4.79 Å². The number of nitrogens with one attached hydrogen (secondary N) is 1. The second-order valence-electron chi connectivity index (χ2n) is 6.66. The molecule has 1 aliphatic heterocycles. The Labute approximate surface area is 185 Å². The van der Waals surface area contributed by atoms with Crippen molar-refractivity contribution in [3.05, 3.63) is 65.7 Å². The molecule has 0 radical (unpaired) electrons. The Morgan fingerprint density at radius 1 is 1.00 bits per heavy atom. The summed E-state index contributed by atoms with van der Waals surface area (Å²) < 4.78 is 0. The molecule has 2 aromatic carbocycles. The summed E-state index contributed by atoms with van der Waals surface area (Å²) in [4.78, 5) is 17.2. The third kappa shape index (κ3) is 7.59. The van der Waals surface area contributed by atoms with Crippen LogP contribution < -0.4 is 11.1 Å². The van der Waals surface area contributed by atoms with E-state index < -0.39 is 6.04 Å². The van der Waals surface area contributed by atoms with E-state index in [4.69, 9.17) is 5.73 Å². The van der Waals surface area contributed by atoms with Gasteiger partial charge in [0.2, 0.25) is 5.91 Å². The number of halogens is 3. The minimum atomic E-state index is -0.664. The standard InChI is InChI=1S/C20H26N4O.3ClH/c1-23-10-12-24(13-11-23)15-16-6-5-9-18(14-16)22-20(25)19(21)17-7-3-2-4-8-17;;;/h2-9,14,19H,10-13,15,21H2,1H3,(H,22,25);3*1H. The Hall–Kier alpha value is -1.34. The Bertz CT molecular complexity index is 710. The smallest absolute Gasteiger partial charge is 0.245 e. The fraction of sp³-hybridized carbons (Fsp3) is 0.350. The van der Waals surface area contributed by atoms with Crippen LogP contribution in [0.3, 0.4) is 0 Å². The van der Waals surface area contributed by atoms with Gasteiger partial charge in [0.1, 0.15) is 6.04 Å². The highest BCUT2D eigenvalue weighted by Crippen LogP contribution is 2.16. The number of nitrogens with zero attached hydrogens (tertiary/aromatic N) is 2. The first-order valence-corrected chi connectivity index (χ1v) is 8.73. The van der Waals surface area contributed by atoms with Crippen molar-refractivity contribution in [2.24, 2.45) is 5.73 Å². The summed E-state index contributed by atoms with van der Waals surface area (Å²) in [5.41, 5.74) is 8.87. The average Bonchev–Trinajstić information content (AvgIpc) is 2.64. The number of hydrogen-bond donors (Lipinski definition) is 2. The molecular weight excluding hydrogens is 419 g/mol. The summed E-state index contributed by atoms with van der Waals surface area (Å²) in [6.45, 7) is 5.25. The molecule has 3 rings (SSSR count). The normalized spacial score (nSPS) is 15.4. The lowest BCUT2D eigenvalue weighted by Gasteiger charge is -2.32. The molecule has 0 aromatic heterocycles. The lowest BCUT2D eigenvalue weighted by atomic mass is 10.1. The maximum Gasteiger partial charge on any atom is 0.245 e. The van der Waals surface area contributed by atoms with E-state index in [-0.39, 0.29) is 43.1 Å². The molecule has 3 N–H and O–H groups in total. The summed E-state index contributed by atoms with van der Waals surface area (Å²) >= 11 is 0. The molecule has 8 heteroatoms. The van der Waals surface area contributed by atoms with Crippen LogP contribution in [-0.4, -0.2) is 48.9 Å². The van der Waals surface area contributed by atoms with Crippen LogP contribution in [0.1, 0.15) is 17.2 Å². The van der Waals surface area contributed by atoms with Gasteiger partial charge in [-0.1, -0.05) is 42.5 Å². The first-order chi connectivity index (χ1) is 12.1. The monoisotopic (exact) mass is 446 g/mol. The Kier molecular flexibility index (Phi) is 12.4. The zero-order valence-corrected chi connectivity index (χ0v) is 18.4. The lowest BCUT2D eigenvalue weighted by molar-refractivity contribution is -0.117. The predicted molar refractivity (Wildman–Crippen MR) is 123 cm³/mol. The van der Waals surface area contributed by atoms with Gasteiger partial charge in [0.25, 0.3) is 0 Å². The molecule has 2 aromatic rings. The maximum absolute atomic E-state index is 12.4. The fourth-order valence-corrected chi connectivity index (χ4v) is 3.04. The van der Waals surface area contributed by atoms with E-state index in [1.165, 1.54) is 5.56 Å². The third-order valence-corrected chi connectivity index (χ3v) is 4.64. The van der Waals surface area contributed by atoms with Gasteiger partial charge in [-0.2, -0.15) is 0 Å². The Morgan fingerprint density at radius 3 is 2.29 bits per heavy atom. The summed E-state index contributed by atoms with van der Waals surface area (Å²) in [7, 11) is 2.16. The number of benzene rings is 2. The van der Waals surface area contributed by atoms with Crippen LogP contribution in [0.15, 0.2) is 54.6 Å². The number of amides is 1. The van der Waals surface area contributed by atoms with Crippen molar-refractivity contribution in [3.63, 3.8) is 0 Å². The molecule has 1 heterocycles. The van der Waals surface area contributed by atoms with Crippen LogP contribution in [-0.2, 0) is 11.3 Å². The van der Waals surface area contributed by atoms with E-state index in [0.717, 1.165) is 44.0 Å². The summed E-state index contributed by atoms with van der Waals surface area (Å²) in [6.07, 6.45) is 0. The third-order valence-electron chi connectivity index (χ3n) is 4.64. The van der Waals surface area contributed by atoms with Crippen LogP contribution >= 0.6 is 37.2 Å². The number of carbonyl (C=O) groups excluding carboxylic acids is 1. The molecule has 0 saturated carbocycles. The summed E-state index contributed by atoms with van der Waals surface area (Å²) in [5, 5.41) is 2.93. The molecular formula is C20H29Cl3N4O. The number of nitrogens with two attached hydrogens (primary N) is 1. The summed E-state index contributed by atoms with van der Waals surface area (Å²) in [6, 6.07) is 16.8. The maximum atomic E-state index is 12.4. The molecule has 0 bridgehead atoms. The molecule has 1 aliphatic rings. The van der Waals surface area contributed by atoms with Crippen LogP contribution in [0, 0.1) is 0 Å². The fourth-order valence-electron chi connectivity index (χ4n) is 3.04. The highest BCUT2D eigenvalue weighted by molar-refractivity contribution is 5.95. The van der Waals surface area contributed by atoms with Crippen LogP contribution in [0.4, 0.5) is 5.69 Å². The van der Waals surface area contributed by atoms with Gasteiger partial charge in [-0.3, -0.25) is 9.69 Å². The van der Waals surface area contributed by atoms with Gasteiger partial charge in [-0.25, -0.2) is 0 Å². The number of piperazine rings is 1. The van der Waals surface area contributed by atoms with Crippen LogP contribution in [0.5, 0.6) is 0 Å². The number of likely N-dealkylation sites (N-methyl/N-ethyl adjacent to an activating group) is 1. The quantitative estimate of drug-likeness (QED) is 0.738. The van der Waals surface area contributed by atoms with E-state index in [2.05, 4.69) is 28.2 Å². The molecule has 0 spiro atoms. The minimum absolute atomic E-state index is 0. The van der Waals surface area contributed by atoms with E-state index in [0.29, 0.717) is 0 Å². The first-order valence-electron chi connectivity index (χ1n) is 8.73. The second kappa shape index (κ2) is 13.0. The Morgan fingerprint density at radius 2 is 1.64 bits per heavy atom. The van der Waals surface area contributed by atoms with Crippen LogP contribution in [0.2, 0.25) is 0 Å².